The van der Waals surface area contributed by atoms with Crippen molar-refractivity contribution in [3.05, 3.63) is 67.6 Å². The molecule has 0 fully saturated rings. The minimum Gasteiger partial charge on any atom is -0.313 e. The van der Waals surface area contributed by atoms with Crippen LogP contribution in [0.1, 0.15) is 28.3 Å². The Labute approximate surface area is 138 Å². The molecular weight excluding hydrogens is 378 g/mol. The lowest BCUT2D eigenvalue weighted by Gasteiger charge is -2.19. The summed E-state index contributed by atoms with van der Waals surface area (Å²) in [6.07, 6.45) is 0.993. The molecule has 0 aliphatic rings. The van der Waals surface area contributed by atoms with Crippen LogP contribution in [0.2, 0.25) is 0 Å². The fraction of sp³-hybridized carbons (Fsp3) is 0.294. The molecule has 0 saturated carbocycles. The van der Waals surface area contributed by atoms with Gasteiger partial charge in [-0.2, -0.15) is 0 Å². The molecule has 2 aromatic carbocycles. The van der Waals surface area contributed by atoms with E-state index < -0.39 is 0 Å². The molecule has 2 rings (SSSR count). The fourth-order valence-corrected chi connectivity index (χ4v) is 3.73. The van der Waals surface area contributed by atoms with Crippen molar-refractivity contribution in [2.24, 2.45) is 0 Å². The molecule has 1 N–H and O–H groups in total. The highest BCUT2D eigenvalue weighted by molar-refractivity contribution is 9.11. The Morgan fingerprint density at radius 3 is 2.25 bits per heavy atom. The Bertz CT molecular complexity index is 588. The van der Waals surface area contributed by atoms with E-state index in [1.165, 1.54) is 22.3 Å². The second-order valence-corrected chi connectivity index (χ2v) is 7.01. The molecule has 0 aliphatic carbocycles. The van der Waals surface area contributed by atoms with E-state index in [0.29, 0.717) is 6.04 Å². The number of hydrogen-bond acceptors (Lipinski definition) is 1. The minimum atomic E-state index is 0.310. The summed E-state index contributed by atoms with van der Waals surface area (Å²) in [5, 5.41) is 3.43. The molecular formula is C17H19Br2N. The normalized spacial score (nSPS) is 12.4. The van der Waals surface area contributed by atoms with Crippen molar-refractivity contribution in [1.29, 1.82) is 0 Å². The summed E-state index contributed by atoms with van der Waals surface area (Å²) >= 11 is 7.13. The van der Waals surface area contributed by atoms with Crippen LogP contribution in [-0.4, -0.2) is 7.05 Å². The first-order chi connectivity index (χ1) is 9.49. The molecule has 1 unspecified atom stereocenters. The van der Waals surface area contributed by atoms with Crippen molar-refractivity contribution < 1.29 is 0 Å². The third-order valence-corrected chi connectivity index (χ3v) is 4.48. The van der Waals surface area contributed by atoms with Gasteiger partial charge in [0.2, 0.25) is 0 Å². The van der Waals surface area contributed by atoms with E-state index in [-0.39, 0.29) is 0 Å². The summed E-state index contributed by atoms with van der Waals surface area (Å²) in [6.45, 7) is 4.32. The van der Waals surface area contributed by atoms with Crippen molar-refractivity contribution in [2.75, 3.05) is 7.05 Å². The largest absolute Gasteiger partial charge is 0.313 e. The average Bonchev–Trinajstić information content (AvgIpc) is 2.38. The van der Waals surface area contributed by atoms with Gasteiger partial charge in [0.15, 0.2) is 0 Å². The van der Waals surface area contributed by atoms with E-state index >= 15 is 0 Å². The SMILES string of the molecule is CNC(Cc1cc(C)ccc1C)c1cc(Br)cc(Br)c1. The van der Waals surface area contributed by atoms with Crippen LogP contribution < -0.4 is 5.32 Å². The first-order valence-corrected chi connectivity index (χ1v) is 8.27. The van der Waals surface area contributed by atoms with Gasteiger partial charge in [-0.1, -0.05) is 55.6 Å². The lowest BCUT2D eigenvalue weighted by atomic mass is 9.95. The van der Waals surface area contributed by atoms with Gasteiger partial charge in [-0.05, 0) is 62.2 Å². The minimum absolute atomic E-state index is 0.310. The van der Waals surface area contributed by atoms with Crippen LogP contribution in [0.25, 0.3) is 0 Å². The Morgan fingerprint density at radius 1 is 1.00 bits per heavy atom. The van der Waals surface area contributed by atoms with Gasteiger partial charge >= 0.3 is 0 Å². The van der Waals surface area contributed by atoms with E-state index in [2.05, 4.69) is 87.4 Å². The summed E-state index contributed by atoms with van der Waals surface area (Å²) in [5.74, 6) is 0. The summed E-state index contributed by atoms with van der Waals surface area (Å²) in [6, 6.07) is 13.4. The van der Waals surface area contributed by atoms with E-state index in [1.54, 1.807) is 0 Å². The molecule has 0 heterocycles. The molecule has 0 bridgehead atoms. The van der Waals surface area contributed by atoms with Crippen LogP contribution in [0.4, 0.5) is 0 Å². The molecule has 3 heteroatoms. The van der Waals surface area contributed by atoms with Crippen molar-refractivity contribution in [2.45, 2.75) is 26.3 Å². The number of halogens is 2. The second kappa shape index (κ2) is 6.88. The molecule has 2 aromatic rings. The smallest absolute Gasteiger partial charge is 0.0359 e. The van der Waals surface area contributed by atoms with Gasteiger partial charge in [0, 0.05) is 15.0 Å². The molecule has 0 radical (unpaired) electrons. The lowest BCUT2D eigenvalue weighted by molar-refractivity contribution is 0.590. The van der Waals surface area contributed by atoms with Crippen molar-refractivity contribution in [1.82, 2.24) is 5.32 Å². The maximum absolute atomic E-state index is 3.56. The number of rotatable bonds is 4. The zero-order valence-electron chi connectivity index (χ0n) is 12.0. The third kappa shape index (κ3) is 3.94. The Hall–Kier alpha value is -0.640. The van der Waals surface area contributed by atoms with Crippen molar-refractivity contribution in [3.8, 4) is 0 Å². The van der Waals surface area contributed by atoms with Crippen molar-refractivity contribution in [3.63, 3.8) is 0 Å². The van der Waals surface area contributed by atoms with Crippen LogP contribution in [0, 0.1) is 13.8 Å². The number of aryl methyl sites for hydroxylation is 2. The van der Waals surface area contributed by atoms with Crippen LogP contribution in [0.5, 0.6) is 0 Å². The predicted molar refractivity (Wildman–Crippen MR) is 93.3 cm³/mol. The van der Waals surface area contributed by atoms with Crippen LogP contribution in [0.3, 0.4) is 0 Å². The first-order valence-electron chi connectivity index (χ1n) is 6.69. The van der Waals surface area contributed by atoms with Crippen molar-refractivity contribution >= 4 is 31.9 Å². The molecule has 1 nitrogen and oxygen atoms in total. The van der Waals surface area contributed by atoms with Gasteiger partial charge in [-0.15, -0.1) is 0 Å². The Kier molecular flexibility index (Phi) is 5.42. The van der Waals surface area contributed by atoms with Gasteiger partial charge in [0.1, 0.15) is 0 Å². The molecule has 0 saturated heterocycles. The zero-order valence-corrected chi connectivity index (χ0v) is 15.2. The maximum atomic E-state index is 3.56. The van der Waals surface area contributed by atoms with E-state index in [1.807, 2.05) is 7.05 Å². The van der Waals surface area contributed by atoms with Gasteiger partial charge in [-0.25, -0.2) is 0 Å². The second-order valence-electron chi connectivity index (χ2n) is 5.18. The van der Waals surface area contributed by atoms with Gasteiger partial charge < -0.3 is 5.32 Å². The monoisotopic (exact) mass is 395 g/mol. The van der Waals surface area contributed by atoms with E-state index in [4.69, 9.17) is 0 Å². The highest BCUT2D eigenvalue weighted by Gasteiger charge is 2.13. The third-order valence-electron chi connectivity index (χ3n) is 3.56. The lowest BCUT2D eigenvalue weighted by Crippen LogP contribution is -2.19. The van der Waals surface area contributed by atoms with Crippen LogP contribution in [-0.2, 0) is 6.42 Å². The first kappa shape index (κ1) is 15.7. The molecule has 0 aromatic heterocycles. The molecule has 0 spiro atoms. The maximum Gasteiger partial charge on any atom is 0.0359 e. The summed E-state index contributed by atoms with van der Waals surface area (Å²) in [5.41, 5.74) is 5.36. The Morgan fingerprint density at radius 2 is 1.65 bits per heavy atom. The number of likely N-dealkylation sites (N-methyl/N-ethyl adjacent to an activating group) is 1. The molecule has 1 atom stereocenters. The standard InChI is InChI=1S/C17H19Br2N/c1-11-4-5-12(2)13(6-11)9-17(20-3)14-7-15(18)10-16(19)8-14/h4-8,10,17,20H,9H2,1-3H3. The Balaban J connectivity index is 2.30. The molecule has 0 amide bonds. The summed E-state index contributed by atoms with van der Waals surface area (Å²) in [7, 11) is 2.02. The van der Waals surface area contributed by atoms with Gasteiger partial charge in [-0.3, -0.25) is 0 Å². The highest BCUT2D eigenvalue weighted by atomic mass is 79.9. The van der Waals surface area contributed by atoms with Gasteiger partial charge in [0.25, 0.3) is 0 Å². The zero-order chi connectivity index (χ0) is 14.7. The number of benzene rings is 2. The quantitative estimate of drug-likeness (QED) is 0.736. The highest BCUT2D eigenvalue weighted by Crippen LogP contribution is 2.27. The summed E-state index contributed by atoms with van der Waals surface area (Å²) < 4.78 is 2.20. The number of nitrogens with one attached hydrogen (secondary N) is 1. The van der Waals surface area contributed by atoms with Crippen LogP contribution >= 0.6 is 31.9 Å². The fourth-order valence-electron chi connectivity index (χ4n) is 2.40. The predicted octanol–water partition coefficient (Wildman–Crippen LogP) is 5.33. The topological polar surface area (TPSA) is 12.0 Å². The van der Waals surface area contributed by atoms with Gasteiger partial charge in [0.05, 0.1) is 0 Å². The molecule has 106 valence electrons. The average molecular weight is 397 g/mol. The van der Waals surface area contributed by atoms with Crippen LogP contribution in [0.15, 0.2) is 45.3 Å². The van der Waals surface area contributed by atoms with E-state index in [0.717, 1.165) is 15.4 Å². The number of hydrogen-bond donors (Lipinski definition) is 1. The molecule has 20 heavy (non-hydrogen) atoms. The summed E-state index contributed by atoms with van der Waals surface area (Å²) in [4.78, 5) is 0. The molecule has 0 aliphatic heterocycles. The van der Waals surface area contributed by atoms with E-state index in [9.17, 15) is 0 Å².